The fourth-order valence-electron chi connectivity index (χ4n) is 4.90. The lowest BCUT2D eigenvalue weighted by atomic mass is 10.1. The van der Waals surface area contributed by atoms with Gasteiger partial charge in [-0.3, -0.25) is 14.0 Å². The lowest BCUT2D eigenvalue weighted by Gasteiger charge is -2.25. The minimum atomic E-state index is -2.91. The number of nitrogens with one attached hydrogen (secondary N) is 2. The van der Waals surface area contributed by atoms with Crippen LogP contribution in [0.4, 0.5) is 30.4 Å². The zero-order valence-corrected chi connectivity index (χ0v) is 21.8. The van der Waals surface area contributed by atoms with Crippen LogP contribution in [0.5, 0.6) is 5.75 Å². The van der Waals surface area contributed by atoms with Crippen LogP contribution in [0, 0.1) is 5.92 Å². The number of pyridine rings is 1. The number of aromatic nitrogens is 6. The Morgan fingerprint density at radius 1 is 1.23 bits per heavy atom. The lowest BCUT2D eigenvalue weighted by molar-refractivity contribution is -0.117. The molecule has 6 rings (SSSR count). The van der Waals surface area contributed by atoms with Gasteiger partial charge in [0.2, 0.25) is 5.91 Å². The number of benzene rings is 1. The van der Waals surface area contributed by atoms with Crippen LogP contribution >= 0.6 is 0 Å². The van der Waals surface area contributed by atoms with Crippen molar-refractivity contribution >= 4 is 34.3 Å². The number of ether oxygens (including phenoxy) is 2. The van der Waals surface area contributed by atoms with E-state index < -0.39 is 36.5 Å². The Labute approximate surface area is 226 Å². The molecule has 11 nitrogen and oxygen atoms in total. The molecule has 1 saturated carbocycles. The van der Waals surface area contributed by atoms with E-state index in [2.05, 4.69) is 30.7 Å². The number of alkyl halides is 3. The molecule has 1 aliphatic carbocycles. The number of amides is 1. The number of nitrogens with zero attached hydrogens (tertiary/aromatic N) is 6. The van der Waals surface area contributed by atoms with Gasteiger partial charge in [0.15, 0.2) is 23.0 Å². The summed E-state index contributed by atoms with van der Waals surface area (Å²) in [6, 6.07) is 6.78. The quantitative estimate of drug-likeness (QED) is 0.314. The van der Waals surface area contributed by atoms with Crippen molar-refractivity contribution in [3.63, 3.8) is 0 Å². The summed E-state index contributed by atoms with van der Waals surface area (Å²) in [5, 5.41) is 10.2. The number of rotatable bonds is 8. The number of halogens is 3. The molecule has 1 unspecified atom stereocenters. The topological polar surface area (TPSA) is 121 Å². The van der Waals surface area contributed by atoms with Crippen molar-refractivity contribution in [1.82, 2.24) is 29.3 Å². The summed E-state index contributed by atoms with van der Waals surface area (Å²) >= 11 is 0. The second kappa shape index (κ2) is 10.4. The Bertz CT molecular complexity index is 1570. The molecule has 0 spiro atoms. The molecule has 3 aromatic heterocycles. The predicted molar refractivity (Wildman–Crippen MR) is 139 cm³/mol. The van der Waals surface area contributed by atoms with Crippen LogP contribution < -0.4 is 15.4 Å². The fraction of sp³-hybridized carbons (Fsp3) is 0.423. The molecule has 2 fully saturated rings. The Hall–Kier alpha value is -4.20. The summed E-state index contributed by atoms with van der Waals surface area (Å²) in [6.45, 7) is 0.416. The van der Waals surface area contributed by atoms with Gasteiger partial charge in [0, 0.05) is 19.7 Å². The van der Waals surface area contributed by atoms with Gasteiger partial charge in [-0.2, -0.15) is 5.10 Å². The fourth-order valence-corrected chi connectivity index (χ4v) is 4.90. The standard InChI is InChI=1S/C26H27F3N8O3/c1-36-12-30-23(35-36)13-6-5-7-16(21(13)39-2)31-17-11-18(33-26(38)14-10-15(14)27)32-24-20(17)34-25(22(28)29)37(24)19-8-3-4-9-40-19/h5-7,11-12,14-15,19,22H,3-4,8-10H2,1-2H3,(H2,31,32,33,38)/t14-,15+,19?/m0/s1. The van der Waals surface area contributed by atoms with E-state index in [1.54, 1.807) is 36.3 Å². The van der Waals surface area contributed by atoms with Crippen molar-refractivity contribution in [3.05, 3.63) is 36.4 Å². The van der Waals surface area contributed by atoms with Crippen molar-refractivity contribution in [2.24, 2.45) is 13.0 Å². The molecule has 3 atom stereocenters. The molecule has 2 N–H and O–H groups in total. The molecule has 1 aromatic carbocycles. The average Bonchev–Trinajstić information content (AvgIpc) is 3.33. The molecule has 1 aliphatic heterocycles. The van der Waals surface area contributed by atoms with Gasteiger partial charge in [-0.25, -0.2) is 28.1 Å². The summed E-state index contributed by atoms with van der Waals surface area (Å²) < 4.78 is 56.5. The molecule has 0 bridgehead atoms. The van der Waals surface area contributed by atoms with Crippen LogP contribution in [0.2, 0.25) is 0 Å². The highest BCUT2D eigenvalue weighted by molar-refractivity contribution is 5.98. The number of carbonyl (C=O) groups is 1. The second-order valence-electron chi connectivity index (χ2n) is 9.79. The first-order valence-electron chi connectivity index (χ1n) is 12.9. The maximum atomic E-state index is 14.3. The third-order valence-electron chi connectivity index (χ3n) is 6.94. The Morgan fingerprint density at radius 3 is 2.70 bits per heavy atom. The third kappa shape index (κ3) is 4.83. The number of imidazole rings is 1. The Morgan fingerprint density at radius 2 is 2.05 bits per heavy atom. The number of carbonyl (C=O) groups excluding carboxylic acids is 1. The number of methoxy groups -OCH3 is 1. The summed E-state index contributed by atoms with van der Waals surface area (Å²) in [5.41, 5.74) is 1.63. The van der Waals surface area contributed by atoms with E-state index in [1.165, 1.54) is 17.7 Å². The first-order chi connectivity index (χ1) is 19.3. The number of hydrogen-bond donors (Lipinski definition) is 2. The van der Waals surface area contributed by atoms with Gasteiger partial charge >= 0.3 is 0 Å². The SMILES string of the molecule is COc1c(Nc2cc(NC(=O)[C@H]3C[C@H]3F)nc3c2nc(C(F)F)n3C2CCCCO2)cccc1-c1ncn(C)n1. The minimum Gasteiger partial charge on any atom is -0.494 e. The van der Waals surface area contributed by atoms with Crippen LogP contribution in [-0.4, -0.2) is 55.1 Å². The normalized spacial score (nSPS) is 20.6. The van der Waals surface area contributed by atoms with Gasteiger partial charge in [0.1, 0.15) is 30.1 Å². The van der Waals surface area contributed by atoms with Crippen LogP contribution in [-0.2, 0) is 16.6 Å². The maximum absolute atomic E-state index is 14.3. The van der Waals surface area contributed by atoms with Crippen LogP contribution in [0.15, 0.2) is 30.6 Å². The second-order valence-corrected chi connectivity index (χ2v) is 9.79. The smallest absolute Gasteiger partial charge is 0.295 e. The number of hydrogen-bond acceptors (Lipinski definition) is 8. The van der Waals surface area contributed by atoms with Crippen molar-refractivity contribution < 1.29 is 27.4 Å². The molecule has 210 valence electrons. The molecule has 2 aliphatic rings. The highest BCUT2D eigenvalue weighted by Gasteiger charge is 2.44. The van der Waals surface area contributed by atoms with Crippen molar-refractivity contribution in [1.29, 1.82) is 0 Å². The summed E-state index contributed by atoms with van der Waals surface area (Å²) in [7, 11) is 3.24. The van der Waals surface area contributed by atoms with Gasteiger partial charge in [-0.05, 0) is 37.8 Å². The van der Waals surface area contributed by atoms with Gasteiger partial charge in [0.25, 0.3) is 6.43 Å². The first kappa shape index (κ1) is 26.0. The Kier molecular flexibility index (Phi) is 6.78. The molecule has 14 heteroatoms. The number of fused-ring (bicyclic) bond motifs is 1. The molecule has 1 saturated heterocycles. The number of anilines is 3. The highest BCUT2D eigenvalue weighted by Crippen LogP contribution is 2.41. The average molecular weight is 557 g/mol. The number of para-hydroxylation sites is 1. The van der Waals surface area contributed by atoms with Crippen molar-refractivity contribution in [2.45, 2.75) is 44.5 Å². The largest absolute Gasteiger partial charge is 0.494 e. The molecule has 4 aromatic rings. The van der Waals surface area contributed by atoms with E-state index in [0.29, 0.717) is 35.9 Å². The van der Waals surface area contributed by atoms with Gasteiger partial charge < -0.3 is 20.1 Å². The van der Waals surface area contributed by atoms with E-state index in [4.69, 9.17) is 9.47 Å². The van der Waals surface area contributed by atoms with E-state index >= 15 is 0 Å². The molecular weight excluding hydrogens is 529 g/mol. The zero-order valence-electron chi connectivity index (χ0n) is 21.8. The van der Waals surface area contributed by atoms with Crippen molar-refractivity contribution in [2.75, 3.05) is 24.4 Å². The lowest BCUT2D eigenvalue weighted by Crippen LogP contribution is -2.21. The Balaban J connectivity index is 1.48. The van der Waals surface area contributed by atoms with E-state index in [-0.39, 0.29) is 29.1 Å². The zero-order chi connectivity index (χ0) is 28.0. The predicted octanol–water partition coefficient (Wildman–Crippen LogP) is 4.91. The van der Waals surface area contributed by atoms with Gasteiger partial charge in [-0.15, -0.1) is 0 Å². The molecule has 0 radical (unpaired) electrons. The monoisotopic (exact) mass is 556 g/mol. The molecule has 4 heterocycles. The maximum Gasteiger partial charge on any atom is 0.295 e. The summed E-state index contributed by atoms with van der Waals surface area (Å²) in [6.07, 6.45) is -0.997. The summed E-state index contributed by atoms with van der Waals surface area (Å²) in [5.74, 6) is -0.880. The van der Waals surface area contributed by atoms with E-state index in [0.717, 1.165) is 12.8 Å². The molecule has 40 heavy (non-hydrogen) atoms. The molecular formula is C26H27F3N8O3. The van der Waals surface area contributed by atoms with Crippen LogP contribution in [0.3, 0.4) is 0 Å². The first-order valence-corrected chi connectivity index (χ1v) is 12.9. The van der Waals surface area contributed by atoms with E-state index in [9.17, 15) is 18.0 Å². The minimum absolute atomic E-state index is 0.0680. The molecule has 1 amide bonds. The summed E-state index contributed by atoms with van der Waals surface area (Å²) in [4.78, 5) is 25.6. The van der Waals surface area contributed by atoms with Crippen LogP contribution in [0.25, 0.3) is 22.6 Å². The van der Waals surface area contributed by atoms with Crippen LogP contribution in [0.1, 0.15) is 44.2 Å². The van der Waals surface area contributed by atoms with E-state index in [1.807, 2.05) is 0 Å². The third-order valence-corrected chi connectivity index (χ3v) is 6.94. The number of aryl methyl sites for hydroxylation is 1. The highest BCUT2D eigenvalue weighted by atomic mass is 19.3. The van der Waals surface area contributed by atoms with Gasteiger partial charge in [-0.1, -0.05) is 6.07 Å². The van der Waals surface area contributed by atoms with Crippen molar-refractivity contribution in [3.8, 4) is 17.1 Å². The van der Waals surface area contributed by atoms with Gasteiger partial charge in [0.05, 0.1) is 30.0 Å².